The lowest BCUT2D eigenvalue weighted by molar-refractivity contribution is -0.136. The Hall–Kier alpha value is -4.13. The summed E-state index contributed by atoms with van der Waals surface area (Å²) in [6.07, 6.45) is 1.64. The summed E-state index contributed by atoms with van der Waals surface area (Å²) in [5, 5.41) is 5.46. The van der Waals surface area contributed by atoms with Gasteiger partial charge in [0, 0.05) is 17.9 Å². The van der Waals surface area contributed by atoms with E-state index in [4.69, 9.17) is 4.74 Å². The fourth-order valence-electron chi connectivity index (χ4n) is 4.29. The molecule has 180 valence electrons. The number of hydrogen-bond acceptors (Lipinski definition) is 4. The van der Waals surface area contributed by atoms with Gasteiger partial charge in [0.2, 0.25) is 5.91 Å². The number of nitrogens with zero attached hydrogens (tertiary/aromatic N) is 1. The first kappa shape index (κ1) is 24.0. The molecule has 1 atom stereocenters. The van der Waals surface area contributed by atoms with Gasteiger partial charge in [-0.1, -0.05) is 55.5 Å². The van der Waals surface area contributed by atoms with E-state index in [1.54, 1.807) is 24.1 Å². The number of anilines is 2. The minimum absolute atomic E-state index is 0.0353. The molecule has 35 heavy (non-hydrogen) atoms. The van der Waals surface area contributed by atoms with Crippen LogP contribution in [0.5, 0.6) is 5.75 Å². The van der Waals surface area contributed by atoms with Crippen LogP contribution < -0.4 is 20.3 Å². The molecule has 1 aliphatic rings. The summed E-state index contributed by atoms with van der Waals surface area (Å²) in [4.78, 5) is 39.9. The van der Waals surface area contributed by atoms with Crippen molar-refractivity contribution >= 4 is 29.1 Å². The second-order valence-corrected chi connectivity index (χ2v) is 8.47. The summed E-state index contributed by atoms with van der Waals surface area (Å²) < 4.78 is 5.25. The van der Waals surface area contributed by atoms with Crippen molar-refractivity contribution in [3.8, 4) is 5.75 Å². The Bertz CT molecular complexity index is 1230. The molecule has 1 aliphatic heterocycles. The molecular formula is C28H29N3O4. The van der Waals surface area contributed by atoms with Crippen LogP contribution in [0.15, 0.2) is 72.8 Å². The van der Waals surface area contributed by atoms with Gasteiger partial charge in [0.1, 0.15) is 5.75 Å². The summed E-state index contributed by atoms with van der Waals surface area (Å²) >= 11 is 0. The number of benzene rings is 3. The van der Waals surface area contributed by atoms with Gasteiger partial charge in [-0.25, -0.2) is 0 Å². The van der Waals surface area contributed by atoms with Gasteiger partial charge in [-0.05, 0) is 53.8 Å². The summed E-state index contributed by atoms with van der Waals surface area (Å²) in [6, 6.07) is 22.1. The molecule has 0 bridgehead atoms. The van der Waals surface area contributed by atoms with Crippen molar-refractivity contribution in [1.82, 2.24) is 5.32 Å². The highest BCUT2D eigenvalue weighted by atomic mass is 16.5. The lowest BCUT2D eigenvalue weighted by Gasteiger charge is -2.19. The van der Waals surface area contributed by atoms with Gasteiger partial charge < -0.3 is 20.3 Å². The molecule has 0 aromatic heterocycles. The average Bonchev–Trinajstić information content (AvgIpc) is 3.31. The first-order chi connectivity index (χ1) is 17.0. The van der Waals surface area contributed by atoms with E-state index in [2.05, 4.69) is 10.6 Å². The van der Waals surface area contributed by atoms with Crippen molar-refractivity contribution in [3.63, 3.8) is 0 Å². The van der Waals surface area contributed by atoms with Crippen molar-refractivity contribution in [1.29, 1.82) is 0 Å². The van der Waals surface area contributed by atoms with Crippen molar-refractivity contribution < 1.29 is 19.1 Å². The number of hydrogen-bond donors (Lipinski definition) is 2. The highest BCUT2D eigenvalue weighted by Crippen LogP contribution is 2.31. The molecule has 2 N–H and O–H groups in total. The fraction of sp³-hybridized carbons (Fsp3) is 0.250. The molecule has 0 radical (unpaired) electrons. The average molecular weight is 472 g/mol. The Kier molecular flexibility index (Phi) is 7.45. The van der Waals surface area contributed by atoms with Crippen LogP contribution in [0.25, 0.3) is 0 Å². The maximum Gasteiger partial charge on any atom is 0.313 e. The molecule has 0 saturated carbocycles. The third kappa shape index (κ3) is 5.69. The molecule has 3 amide bonds. The lowest BCUT2D eigenvalue weighted by atomic mass is 10.0. The number of ether oxygens (including phenoxy) is 1. The summed E-state index contributed by atoms with van der Waals surface area (Å²) in [6.45, 7) is 2.53. The molecule has 3 aromatic carbocycles. The van der Waals surface area contributed by atoms with Crippen LogP contribution in [0.1, 0.15) is 36.1 Å². The van der Waals surface area contributed by atoms with Gasteiger partial charge in [-0.3, -0.25) is 14.4 Å². The molecule has 1 heterocycles. The SMILES string of the molecule is CC[C@@H](NC(=O)C(=O)Nc1ccc2c(c1)N(C(=O)Cc1cccc(OC)c1)CC2)c1ccccc1. The third-order valence-corrected chi connectivity index (χ3v) is 6.15. The van der Waals surface area contributed by atoms with Gasteiger partial charge in [0.15, 0.2) is 0 Å². The first-order valence-electron chi connectivity index (χ1n) is 11.7. The zero-order valence-corrected chi connectivity index (χ0v) is 19.9. The van der Waals surface area contributed by atoms with E-state index in [1.807, 2.05) is 67.6 Å². The predicted molar refractivity (Wildman–Crippen MR) is 135 cm³/mol. The molecule has 7 heteroatoms. The number of nitrogens with one attached hydrogen (secondary N) is 2. The van der Waals surface area contributed by atoms with E-state index in [0.29, 0.717) is 24.4 Å². The highest BCUT2D eigenvalue weighted by Gasteiger charge is 2.26. The largest absolute Gasteiger partial charge is 0.497 e. The van der Waals surface area contributed by atoms with Gasteiger partial charge in [0.25, 0.3) is 0 Å². The molecular weight excluding hydrogens is 442 g/mol. The van der Waals surface area contributed by atoms with E-state index in [1.165, 1.54) is 0 Å². The van der Waals surface area contributed by atoms with Crippen LogP contribution in [-0.2, 0) is 27.2 Å². The molecule has 0 fully saturated rings. The Morgan fingerprint density at radius 1 is 0.971 bits per heavy atom. The van der Waals surface area contributed by atoms with Crippen molar-refractivity contribution in [2.45, 2.75) is 32.2 Å². The van der Waals surface area contributed by atoms with Crippen LogP contribution >= 0.6 is 0 Å². The summed E-state index contributed by atoms with van der Waals surface area (Å²) in [7, 11) is 1.60. The van der Waals surface area contributed by atoms with Gasteiger partial charge in [-0.15, -0.1) is 0 Å². The minimum Gasteiger partial charge on any atom is -0.497 e. The van der Waals surface area contributed by atoms with Crippen LogP contribution in [0, 0.1) is 0 Å². The third-order valence-electron chi connectivity index (χ3n) is 6.15. The standard InChI is InChI=1S/C28H29N3O4/c1-3-24(20-9-5-4-6-10-20)30-28(34)27(33)29-22-13-12-21-14-15-31(25(21)18-22)26(32)17-19-8-7-11-23(16-19)35-2/h4-13,16,18,24H,3,14-15,17H2,1-2H3,(H,29,33)(H,30,34)/t24-/m1/s1. The Morgan fingerprint density at radius 2 is 1.77 bits per heavy atom. The van der Waals surface area contributed by atoms with Crippen LogP contribution in [0.4, 0.5) is 11.4 Å². The molecule has 0 unspecified atom stereocenters. The second-order valence-electron chi connectivity index (χ2n) is 8.47. The maximum atomic E-state index is 13.0. The van der Waals surface area contributed by atoms with Crippen LogP contribution in [0.3, 0.4) is 0 Å². The van der Waals surface area contributed by atoms with E-state index in [-0.39, 0.29) is 18.4 Å². The number of methoxy groups -OCH3 is 1. The lowest BCUT2D eigenvalue weighted by Crippen LogP contribution is -2.37. The fourth-order valence-corrected chi connectivity index (χ4v) is 4.29. The van der Waals surface area contributed by atoms with Gasteiger partial charge in [0.05, 0.1) is 19.6 Å². The molecule has 4 rings (SSSR count). The number of carbonyl (C=O) groups is 3. The Balaban J connectivity index is 1.42. The molecule has 0 saturated heterocycles. The number of amides is 3. The number of fused-ring (bicyclic) bond motifs is 1. The topological polar surface area (TPSA) is 87.7 Å². The summed E-state index contributed by atoms with van der Waals surface area (Å²) in [5.41, 5.74) is 4.07. The van der Waals surface area contributed by atoms with E-state index in [0.717, 1.165) is 28.8 Å². The number of carbonyl (C=O) groups excluding carboxylic acids is 3. The van der Waals surface area contributed by atoms with E-state index < -0.39 is 11.8 Å². The number of rotatable bonds is 7. The summed E-state index contributed by atoms with van der Waals surface area (Å²) in [5.74, 6) is -0.774. The first-order valence-corrected chi connectivity index (χ1v) is 11.7. The zero-order valence-electron chi connectivity index (χ0n) is 19.9. The van der Waals surface area contributed by atoms with Crippen LogP contribution in [-0.4, -0.2) is 31.4 Å². The zero-order chi connectivity index (χ0) is 24.8. The minimum atomic E-state index is -0.744. The normalized spacial score (nSPS) is 13.0. The maximum absolute atomic E-state index is 13.0. The van der Waals surface area contributed by atoms with E-state index in [9.17, 15) is 14.4 Å². The van der Waals surface area contributed by atoms with Crippen LogP contribution in [0.2, 0.25) is 0 Å². The molecule has 7 nitrogen and oxygen atoms in total. The smallest absolute Gasteiger partial charge is 0.313 e. The monoisotopic (exact) mass is 471 g/mol. The van der Waals surface area contributed by atoms with E-state index >= 15 is 0 Å². The van der Waals surface area contributed by atoms with Gasteiger partial charge in [-0.2, -0.15) is 0 Å². The Morgan fingerprint density at radius 3 is 2.51 bits per heavy atom. The molecule has 0 aliphatic carbocycles. The highest BCUT2D eigenvalue weighted by molar-refractivity contribution is 6.39. The molecule has 3 aromatic rings. The van der Waals surface area contributed by atoms with Gasteiger partial charge >= 0.3 is 11.8 Å². The van der Waals surface area contributed by atoms with Crippen molar-refractivity contribution in [3.05, 3.63) is 89.5 Å². The van der Waals surface area contributed by atoms with Crippen molar-refractivity contribution in [2.75, 3.05) is 23.9 Å². The predicted octanol–water partition coefficient (Wildman–Crippen LogP) is 4.03. The molecule has 0 spiro atoms. The quantitative estimate of drug-likeness (QED) is 0.509. The van der Waals surface area contributed by atoms with Crippen molar-refractivity contribution in [2.24, 2.45) is 0 Å². The second kappa shape index (κ2) is 10.9. The Labute approximate surface area is 205 Å².